The topological polar surface area (TPSA) is 86.1 Å². The average Bonchev–Trinajstić information content (AvgIpc) is 3.26. The zero-order valence-corrected chi connectivity index (χ0v) is 13.8. The van der Waals surface area contributed by atoms with E-state index in [4.69, 9.17) is 12.2 Å². The highest BCUT2D eigenvalue weighted by molar-refractivity contribution is 7.71. The summed E-state index contributed by atoms with van der Waals surface area (Å²) in [6, 6.07) is 21.7. The fourth-order valence-electron chi connectivity index (χ4n) is 2.69. The smallest absolute Gasteiger partial charge is 0.213 e. The van der Waals surface area contributed by atoms with Crippen LogP contribution in [0.25, 0.3) is 28.5 Å². The molecule has 0 spiro atoms. The van der Waals surface area contributed by atoms with E-state index in [9.17, 15) is 5.26 Å². The number of nitrogens with one attached hydrogen (secondary N) is 2. The van der Waals surface area contributed by atoms with Crippen LogP contribution >= 0.6 is 12.2 Å². The molecule has 0 fully saturated rings. The van der Waals surface area contributed by atoms with Crippen molar-refractivity contribution >= 4 is 12.2 Å². The van der Waals surface area contributed by atoms with Gasteiger partial charge in [-0.2, -0.15) is 15.3 Å². The first-order chi connectivity index (χ1) is 12.3. The molecule has 0 aliphatic heterocycles. The van der Waals surface area contributed by atoms with Crippen molar-refractivity contribution < 1.29 is 0 Å². The van der Waals surface area contributed by atoms with Crippen LogP contribution in [-0.4, -0.2) is 25.0 Å². The Hall–Kier alpha value is -3.50. The fraction of sp³-hybridized carbons (Fsp3) is 0. The number of hydrogen-bond donors (Lipinski definition) is 2. The van der Waals surface area contributed by atoms with Gasteiger partial charge in [-0.25, -0.2) is 4.68 Å². The number of benzene rings is 2. The third-order valence-corrected chi connectivity index (χ3v) is 3.96. The van der Waals surface area contributed by atoms with E-state index < -0.39 is 0 Å². The normalized spacial score (nSPS) is 10.5. The van der Waals surface area contributed by atoms with Gasteiger partial charge in [-0.1, -0.05) is 48.5 Å². The Kier molecular flexibility index (Phi) is 3.72. The molecule has 0 atom stereocenters. The Labute approximate surface area is 148 Å². The summed E-state index contributed by atoms with van der Waals surface area (Å²) in [7, 11) is 0. The average molecular weight is 344 g/mol. The maximum atomic E-state index is 9.81. The Morgan fingerprint density at radius 1 is 0.960 bits per heavy atom. The molecule has 2 aromatic carbocycles. The SMILES string of the molecule is N#Cc1c(-c2nc(=S)[nH][nH]2)nn(-c2ccccc2)c1-c1ccccc1. The first-order valence-electron chi connectivity index (χ1n) is 7.57. The highest BCUT2D eigenvalue weighted by Crippen LogP contribution is 2.32. The van der Waals surface area contributed by atoms with Gasteiger partial charge in [0.25, 0.3) is 0 Å². The Morgan fingerprint density at radius 2 is 1.64 bits per heavy atom. The molecule has 25 heavy (non-hydrogen) atoms. The van der Waals surface area contributed by atoms with Crippen molar-refractivity contribution in [2.75, 3.05) is 0 Å². The molecule has 0 unspecified atom stereocenters. The number of hydrogen-bond acceptors (Lipinski definition) is 4. The van der Waals surface area contributed by atoms with Crippen LogP contribution in [0.5, 0.6) is 0 Å². The van der Waals surface area contributed by atoms with Gasteiger partial charge in [0.1, 0.15) is 17.3 Å². The number of H-pyrrole nitrogens is 2. The van der Waals surface area contributed by atoms with Gasteiger partial charge in [-0.05, 0) is 24.4 Å². The molecule has 0 saturated carbocycles. The van der Waals surface area contributed by atoms with Crippen molar-refractivity contribution in [1.29, 1.82) is 5.26 Å². The third-order valence-electron chi connectivity index (χ3n) is 3.77. The van der Waals surface area contributed by atoms with E-state index in [-0.39, 0.29) is 0 Å². The summed E-state index contributed by atoms with van der Waals surface area (Å²) in [5, 5.41) is 20.1. The lowest BCUT2D eigenvalue weighted by Crippen LogP contribution is -1.99. The number of nitrogens with zero attached hydrogens (tertiary/aromatic N) is 4. The Morgan fingerprint density at radius 3 is 2.24 bits per heavy atom. The molecule has 0 bridgehead atoms. The minimum atomic E-state index is 0.314. The van der Waals surface area contributed by atoms with Crippen molar-refractivity contribution in [1.82, 2.24) is 25.0 Å². The van der Waals surface area contributed by atoms with Crippen LogP contribution in [-0.2, 0) is 0 Å². The van der Waals surface area contributed by atoms with E-state index in [0.717, 1.165) is 11.3 Å². The first kappa shape index (κ1) is 15.1. The summed E-state index contributed by atoms with van der Waals surface area (Å²) in [6.07, 6.45) is 0. The second kappa shape index (κ2) is 6.19. The zero-order chi connectivity index (χ0) is 17.2. The van der Waals surface area contributed by atoms with Crippen LogP contribution in [0.15, 0.2) is 60.7 Å². The van der Waals surface area contributed by atoms with Crippen LogP contribution in [0.4, 0.5) is 0 Å². The highest BCUT2D eigenvalue weighted by Gasteiger charge is 2.23. The predicted molar refractivity (Wildman–Crippen MR) is 96.5 cm³/mol. The number of para-hydroxylation sites is 1. The van der Waals surface area contributed by atoms with Crippen molar-refractivity contribution in [2.24, 2.45) is 0 Å². The lowest BCUT2D eigenvalue weighted by atomic mass is 10.1. The van der Waals surface area contributed by atoms with Crippen LogP contribution in [0, 0.1) is 16.1 Å². The second-order valence-corrected chi connectivity index (χ2v) is 5.70. The molecule has 0 radical (unpaired) electrons. The summed E-state index contributed by atoms with van der Waals surface area (Å²) in [4.78, 5) is 4.21. The molecule has 0 aliphatic carbocycles. The fourth-order valence-corrected chi connectivity index (χ4v) is 2.83. The molecule has 0 saturated heterocycles. The van der Waals surface area contributed by atoms with E-state index in [1.54, 1.807) is 4.68 Å². The number of rotatable bonds is 3. The molecular weight excluding hydrogens is 332 g/mol. The van der Waals surface area contributed by atoms with Crippen molar-refractivity contribution in [3.8, 4) is 34.5 Å². The van der Waals surface area contributed by atoms with E-state index in [1.807, 2.05) is 60.7 Å². The minimum Gasteiger partial charge on any atom is -0.280 e. The van der Waals surface area contributed by atoms with Crippen molar-refractivity contribution in [3.63, 3.8) is 0 Å². The molecule has 2 aromatic heterocycles. The van der Waals surface area contributed by atoms with Gasteiger partial charge in [-0.15, -0.1) is 0 Å². The Balaban J connectivity index is 2.05. The largest absolute Gasteiger partial charge is 0.280 e. The number of aromatic nitrogens is 5. The molecule has 4 rings (SSSR count). The van der Waals surface area contributed by atoms with E-state index in [1.165, 1.54) is 0 Å². The van der Waals surface area contributed by atoms with E-state index in [0.29, 0.717) is 27.5 Å². The monoisotopic (exact) mass is 344 g/mol. The molecule has 0 aliphatic rings. The van der Waals surface area contributed by atoms with Gasteiger partial charge in [0.05, 0.1) is 11.4 Å². The molecule has 7 heteroatoms. The standard InChI is InChI=1S/C18H12N6S/c19-11-14-15(17-20-18(25)22-21-17)23-24(13-9-5-2-6-10-13)16(14)12-7-3-1-4-8-12/h1-10H,(H2,20,21,22,25). The summed E-state index contributed by atoms with van der Waals surface area (Å²) in [5.74, 6) is 0.438. The van der Waals surface area contributed by atoms with Crippen molar-refractivity contribution in [2.45, 2.75) is 0 Å². The summed E-state index contributed by atoms with van der Waals surface area (Å²) >= 11 is 5.02. The van der Waals surface area contributed by atoms with Crippen LogP contribution < -0.4 is 0 Å². The molecule has 4 aromatic rings. The van der Waals surface area contributed by atoms with Gasteiger partial charge in [0, 0.05) is 5.56 Å². The van der Waals surface area contributed by atoms with Crippen LogP contribution in [0.1, 0.15) is 5.56 Å². The van der Waals surface area contributed by atoms with Gasteiger partial charge in [-0.3, -0.25) is 10.2 Å². The van der Waals surface area contributed by atoms with E-state index in [2.05, 4.69) is 26.3 Å². The van der Waals surface area contributed by atoms with Gasteiger partial charge < -0.3 is 0 Å². The van der Waals surface area contributed by atoms with Gasteiger partial charge in [0.2, 0.25) is 4.77 Å². The maximum Gasteiger partial charge on any atom is 0.213 e. The third kappa shape index (κ3) is 2.65. The highest BCUT2D eigenvalue weighted by atomic mass is 32.1. The lowest BCUT2D eigenvalue weighted by molar-refractivity contribution is 0.887. The summed E-state index contributed by atoms with van der Waals surface area (Å²) < 4.78 is 2.07. The lowest BCUT2D eigenvalue weighted by Gasteiger charge is -2.07. The maximum absolute atomic E-state index is 9.81. The molecule has 0 amide bonds. The number of nitriles is 1. The van der Waals surface area contributed by atoms with Crippen LogP contribution in [0.3, 0.4) is 0 Å². The summed E-state index contributed by atoms with van der Waals surface area (Å²) in [5.41, 5.74) is 3.37. The van der Waals surface area contributed by atoms with Gasteiger partial charge >= 0.3 is 0 Å². The minimum absolute atomic E-state index is 0.314. The van der Waals surface area contributed by atoms with Crippen molar-refractivity contribution in [3.05, 3.63) is 71.0 Å². The zero-order valence-electron chi connectivity index (χ0n) is 13.0. The second-order valence-electron chi connectivity index (χ2n) is 5.31. The van der Waals surface area contributed by atoms with E-state index >= 15 is 0 Å². The predicted octanol–water partition coefficient (Wildman–Crippen LogP) is 3.86. The molecule has 6 nitrogen and oxygen atoms in total. The molecule has 2 N–H and O–H groups in total. The molecule has 2 heterocycles. The van der Waals surface area contributed by atoms with Crippen LogP contribution in [0.2, 0.25) is 0 Å². The first-order valence-corrected chi connectivity index (χ1v) is 7.98. The number of aromatic amines is 2. The molecule has 120 valence electrons. The molecular formula is C18H12N6S. The van der Waals surface area contributed by atoms with Gasteiger partial charge in [0.15, 0.2) is 5.82 Å². The Bertz CT molecular complexity index is 1120. The quantitative estimate of drug-likeness (QED) is 0.553. The summed E-state index contributed by atoms with van der Waals surface area (Å²) in [6.45, 7) is 0.